The van der Waals surface area contributed by atoms with Gasteiger partial charge in [0.25, 0.3) is 7.12 Å². The third-order valence-corrected chi connectivity index (χ3v) is 2.54. The van der Waals surface area contributed by atoms with E-state index in [1.807, 2.05) is 13.2 Å². The number of halogens is 2. The summed E-state index contributed by atoms with van der Waals surface area (Å²) in [4.78, 5) is 0. The van der Waals surface area contributed by atoms with Gasteiger partial charge in [0.1, 0.15) is 0 Å². The van der Waals surface area contributed by atoms with Crippen LogP contribution in [0.3, 0.4) is 0 Å². The first-order valence-corrected chi connectivity index (χ1v) is 10.7. The van der Waals surface area contributed by atoms with Crippen LogP contribution in [-0.4, -0.2) is 18.3 Å². The van der Waals surface area contributed by atoms with E-state index in [0.717, 1.165) is 0 Å². The summed E-state index contributed by atoms with van der Waals surface area (Å²) in [6.07, 6.45) is 1.93. The van der Waals surface area contributed by atoms with Crippen LogP contribution in [0.15, 0.2) is 0 Å². The number of hydrogen-bond acceptors (Lipinski definition) is 2. The Kier molecular flexibility index (Phi) is 9.67. The average molecular weight is 332 g/mol. The van der Waals surface area contributed by atoms with Gasteiger partial charge in [-0.3, -0.25) is 6.32 Å². The number of rotatable bonds is 1. The van der Waals surface area contributed by atoms with Crippen LogP contribution in [0.5, 0.6) is 0 Å². The minimum absolute atomic E-state index is 0. The van der Waals surface area contributed by atoms with E-state index in [2.05, 4.69) is 27.7 Å². The van der Waals surface area contributed by atoms with Crippen molar-refractivity contribution in [2.75, 3.05) is 0 Å². The molecule has 0 radical (unpaired) electrons. The molecule has 88 valence electrons. The van der Waals surface area contributed by atoms with Crippen molar-refractivity contribution in [3.63, 3.8) is 0 Å². The summed E-state index contributed by atoms with van der Waals surface area (Å²) in [7, 11) is 9.73. The van der Waals surface area contributed by atoms with E-state index < -0.39 is 20.8 Å². The topological polar surface area (TPSA) is 18.5 Å². The molecule has 0 bridgehead atoms. The van der Waals surface area contributed by atoms with Crippen molar-refractivity contribution in [1.82, 2.24) is 0 Å². The molecular weight excluding hydrogens is 313 g/mol. The zero-order valence-corrected chi connectivity index (χ0v) is 14.2. The van der Waals surface area contributed by atoms with Gasteiger partial charge in [-0.25, -0.2) is 0 Å². The van der Waals surface area contributed by atoms with Crippen LogP contribution in [0.2, 0.25) is 0 Å². The van der Waals surface area contributed by atoms with E-state index in [9.17, 15) is 0 Å². The van der Waals surface area contributed by atoms with E-state index >= 15 is 0 Å². The molecule has 0 spiro atoms. The first-order chi connectivity index (χ1) is 6.30. The molecule has 1 saturated heterocycles. The molecule has 0 aromatic rings. The second-order valence-electron chi connectivity index (χ2n) is 4.03. The normalized spacial score (nSPS) is 20.9. The standard InChI is InChI=1S/C8H16BO2.CH3.2ClH.Zr/c1-6-9-10-7(2,3)8(4,5)11-9;;;;/h6H,1-5H3;1H3;2*1H;/q2*-1;;;+4/p-2. The maximum atomic E-state index is 5.64. The molecule has 0 unspecified atom stereocenters. The van der Waals surface area contributed by atoms with Crippen molar-refractivity contribution in [2.45, 2.75) is 45.8 Å². The van der Waals surface area contributed by atoms with Crippen molar-refractivity contribution < 1.29 is 30.2 Å². The molecule has 6 heteroatoms. The second kappa shape index (κ2) is 7.71. The van der Waals surface area contributed by atoms with Gasteiger partial charge >= 0.3 is 37.9 Å². The summed E-state index contributed by atoms with van der Waals surface area (Å²) >= 11 is -0.826. The molecule has 15 heavy (non-hydrogen) atoms. The monoisotopic (exact) mass is 330 g/mol. The summed E-state index contributed by atoms with van der Waals surface area (Å²) < 4.78 is 11.3. The van der Waals surface area contributed by atoms with Crippen molar-refractivity contribution in [2.24, 2.45) is 0 Å². The third kappa shape index (κ3) is 5.54. The number of hydrogen-bond donors (Lipinski definition) is 0. The third-order valence-electron chi connectivity index (χ3n) is 2.54. The second-order valence-corrected chi connectivity index (χ2v) is 7.76. The molecule has 0 saturated carbocycles. The Bertz CT molecular complexity index is 163. The van der Waals surface area contributed by atoms with Gasteiger partial charge < -0.3 is 16.7 Å². The van der Waals surface area contributed by atoms with Crippen LogP contribution in [0.25, 0.3) is 0 Å². The molecule has 1 aliphatic heterocycles. The molecule has 0 N–H and O–H groups in total. The van der Waals surface area contributed by atoms with Crippen molar-refractivity contribution >= 4 is 24.1 Å². The van der Waals surface area contributed by atoms with Gasteiger partial charge in [0.2, 0.25) is 0 Å². The zero-order valence-electron chi connectivity index (χ0n) is 10.2. The van der Waals surface area contributed by atoms with Crippen LogP contribution in [0, 0.1) is 13.7 Å². The first kappa shape index (κ1) is 18.8. The quantitative estimate of drug-likeness (QED) is 0.539. The van der Waals surface area contributed by atoms with Crippen LogP contribution < -0.4 is 0 Å². The Balaban J connectivity index is 0. The fourth-order valence-electron chi connectivity index (χ4n) is 1.02. The van der Waals surface area contributed by atoms with Gasteiger partial charge in [0.15, 0.2) is 0 Å². The fourth-order valence-corrected chi connectivity index (χ4v) is 1.02. The molecule has 0 amide bonds. The van der Waals surface area contributed by atoms with Gasteiger partial charge in [-0.05, 0) is 27.7 Å². The van der Waals surface area contributed by atoms with E-state index in [1.54, 1.807) is 0 Å². The molecule has 1 heterocycles. The van der Waals surface area contributed by atoms with E-state index in [-0.39, 0.29) is 25.7 Å². The summed E-state index contributed by atoms with van der Waals surface area (Å²) in [5, 5.41) is 0. The average Bonchev–Trinajstić information content (AvgIpc) is 2.23. The van der Waals surface area contributed by atoms with Gasteiger partial charge in [-0.1, -0.05) is 0 Å². The maximum absolute atomic E-state index is 5.64. The van der Waals surface area contributed by atoms with Crippen LogP contribution in [0.4, 0.5) is 0 Å². The molecule has 2 nitrogen and oxygen atoms in total. The van der Waals surface area contributed by atoms with E-state index in [4.69, 9.17) is 26.3 Å². The Morgan fingerprint density at radius 1 is 1.07 bits per heavy atom. The molecule has 0 aromatic heterocycles. The molecular formula is C9H19BCl2O2Zr. The van der Waals surface area contributed by atoms with Gasteiger partial charge in [0, 0.05) is 0 Å². The Morgan fingerprint density at radius 2 is 1.33 bits per heavy atom. The Morgan fingerprint density at radius 3 is 1.47 bits per heavy atom. The zero-order chi connectivity index (χ0) is 11.4. The van der Waals surface area contributed by atoms with Crippen LogP contribution >= 0.6 is 17.0 Å². The van der Waals surface area contributed by atoms with Gasteiger partial charge in [0.05, 0.1) is 11.2 Å². The molecule has 1 rings (SSSR count). The molecule has 1 aliphatic rings. The van der Waals surface area contributed by atoms with Crippen LogP contribution in [-0.2, 0) is 30.2 Å². The Labute approximate surface area is 113 Å². The molecule has 0 aliphatic carbocycles. The summed E-state index contributed by atoms with van der Waals surface area (Å²) in [5.41, 5.74) is -0.381. The van der Waals surface area contributed by atoms with Gasteiger partial charge in [-0.15, -0.1) is 0 Å². The Hall–Kier alpha value is 1.45. The predicted molar refractivity (Wildman–Crippen MR) is 64.2 cm³/mol. The van der Waals surface area contributed by atoms with Crippen molar-refractivity contribution in [3.8, 4) is 0 Å². The summed E-state index contributed by atoms with van der Waals surface area (Å²) in [6, 6.07) is 0. The molecule has 1 fully saturated rings. The van der Waals surface area contributed by atoms with Crippen molar-refractivity contribution in [3.05, 3.63) is 13.7 Å². The molecule has 0 atom stereocenters. The summed E-state index contributed by atoms with van der Waals surface area (Å²) in [6.45, 7) is 10.2. The molecule has 0 aromatic carbocycles. The first-order valence-electron chi connectivity index (χ1n) is 4.42. The van der Waals surface area contributed by atoms with E-state index in [1.165, 1.54) is 0 Å². The van der Waals surface area contributed by atoms with E-state index in [0.29, 0.717) is 0 Å². The predicted octanol–water partition coefficient (Wildman–Crippen LogP) is 3.67. The van der Waals surface area contributed by atoms with Gasteiger partial charge in [-0.2, -0.15) is 6.92 Å². The minimum atomic E-state index is -0.826. The van der Waals surface area contributed by atoms with Crippen LogP contribution in [0.1, 0.15) is 34.6 Å². The fraction of sp³-hybridized carbons (Fsp3) is 0.778. The van der Waals surface area contributed by atoms with Crippen molar-refractivity contribution in [1.29, 1.82) is 0 Å². The summed E-state index contributed by atoms with van der Waals surface area (Å²) in [5.74, 6) is 0. The SMILES string of the molecule is C[CH-]B1OC(C)(C)C(C)(C)O1.[CH3-].[Cl][Zr+2][Cl].